The monoisotopic (exact) mass is 359 g/mol. The molecule has 2 aromatic rings. The lowest BCUT2D eigenvalue weighted by molar-refractivity contribution is 0.0954. The number of anilines is 1. The van der Waals surface area contributed by atoms with Gasteiger partial charge in [0.25, 0.3) is 5.91 Å². The second-order valence-corrected chi connectivity index (χ2v) is 6.46. The second kappa shape index (κ2) is 10.0. The Morgan fingerprint density at radius 3 is 2.44 bits per heavy atom. The Balaban J connectivity index is 1.94. The molecule has 4 nitrogen and oxygen atoms in total. The van der Waals surface area contributed by atoms with E-state index in [1.807, 2.05) is 30.3 Å². The topological polar surface area (TPSA) is 45.2 Å². The number of hydrogen-bond acceptors (Lipinski definition) is 3. The van der Waals surface area contributed by atoms with Crippen molar-refractivity contribution in [2.24, 2.45) is 0 Å². The highest BCUT2D eigenvalue weighted by Gasteiger charge is 2.10. The van der Waals surface area contributed by atoms with E-state index in [0.717, 1.165) is 48.8 Å². The van der Waals surface area contributed by atoms with Gasteiger partial charge < -0.3 is 10.2 Å². The Kier molecular flexibility index (Phi) is 7.74. The summed E-state index contributed by atoms with van der Waals surface area (Å²) >= 11 is 5.88. The smallest absolute Gasteiger partial charge is 0.251 e. The minimum atomic E-state index is -0.0643. The van der Waals surface area contributed by atoms with E-state index in [0.29, 0.717) is 12.1 Å². The molecule has 0 radical (unpaired) electrons. The van der Waals surface area contributed by atoms with E-state index in [4.69, 9.17) is 11.6 Å². The first-order chi connectivity index (χ1) is 12.1. The van der Waals surface area contributed by atoms with E-state index in [9.17, 15) is 4.79 Å². The Bertz CT molecular complexity index is 667. The average Bonchev–Trinajstić information content (AvgIpc) is 2.63. The van der Waals surface area contributed by atoms with Crippen molar-refractivity contribution >= 4 is 23.3 Å². The van der Waals surface area contributed by atoms with Crippen molar-refractivity contribution in [1.82, 2.24) is 10.3 Å². The zero-order chi connectivity index (χ0) is 18.1. The molecule has 25 heavy (non-hydrogen) atoms. The van der Waals surface area contributed by atoms with E-state index in [2.05, 4.69) is 29.0 Å². The third-order valence-electron chi connectivity index (χ3n) is 3.93. The number of carbonyl (C=O) groups is 1. The van der Waals surface area contributed by atoms with E-state index in [1.165, 1.54) is 0 Å². The van der Waals surface area contributed by atoms with Crippen LogP contribution in [0.25, 0.3) is 0 Å². The van der Waals surface area contributed by atoms with Gasteiger partial charge in [-0.25, -0.2) is 4.98 Å². The van der Waals surface area contributed by atoms with E-state index in [1.54, 1.807) is 12.3 Å². The summed E-state index contributed by atoms with van der Waals surface area (Å²) in [6, 6.07) is 11.3. The molecule has 2 rings (SSSR count). The number of halogens is 1. The van der Waals surface area contributed by atoms with Crippen LogP contribution >= 0.6 is 11.6 Å². The lowest BCUT2D eigenvalue weighted by Crippen LogP contribution is -2.28. The largest absolute Gasteiger partial charge is 0.357 e. The second-order valence-electron chi connectivity index (χ2n) is 6.02. The number of nitrogens with one attached hydrogen (secondary N) is 1. The van der Waals surface area contributed by atoms with E-state index in [-0.39, 0.29) is 5.91 Å². The molecule has 0 aliphatic rings. The number of benzene rings is 1. The molecule has 0 saturated carbocycles. The minimum Gasteiger partial charge on any atom is -0.357 e. The van der Waals surface area contributed by atoms with E-state index < -0.39 is 0 Å². The Morgan fingerprint density at radius 1 is 1.12 bits per heavy atom. The molecule has 0 saturated heterocycles. The van der Waals surface area contributed by atoms with Crippen LogP contribution in [0, 0.1) is 0 Å². The fourth-order valence-corrected chi connectivity index (χ4v) is 2.81. The third-order valence-corrected chi connectivity index (χ3v) is 4.18. The Labute approximate surface area is 155 Å². The molecular weight excluding hydrogens is 334 g/mol. The molecule has 0 atom stereocenters. The van der Waals surface area contributed by atoms with Crippen molar-refractivity contribution in [3.05, 3.63) is 58.7 Å². The first-order valence-electron chi connectivity index (χ1n) is 8.87. The van der Waals surface area contributed by atoms with Gasteiger partial charge in [0, 0.05) is 36.4 Å². The third kappa shape index (κ3) is 6.05. The highest BCUT2D eigenvalue weighted by atomic mass is 35.5. The molecule has 1 aromatic heterocycles. The maximum atomic E-state index is 12.4. The van der Waals surface area contributed by atoms with Gasteiger partial charge in [-0.1, -0.05) is 37.6 Å². The SMILES string of the molecule is CCCN(CCC)c1cc(C(=O)NCCc2ccc(Cl)cc2)ccn1. The Morgan fingerprint density at radius 2 is 1.80 bits per heavy atom. The van der Waals surface area contributed by atoms with Gasteiger partial charge in [-0.2, -0.15) is 0 Å². The molecule has 1 aromatic carbocycles. The van der Waals surface area contributed by atoms with Gasteiger partial charge in [0.2, 0.25) is 0 Å². The zero-order valence-electron chi connectivity index (χ0n) is 15.0. The highest BCUT2D eigenvalue weighted by molar-refractivity contribution is 6.30. The highest BCUT2D eigenvalue weighted by Crippen LogP contribution is 2.14. The van der Waals surface area contributed by atoms with Crippen molar-refractivity contribution in [1.29, 1.82) is 0 Å². The van der Waals surface area contributed by atoms with Gasteiger partial charge in [-0.05, 0) is 49.1 Å². The maximum absolute atomic E-state index is 12.4. The summed E-state index contributed by atoms with van der Waals surface area (Å²) in [4.78, 5) is 19.1. The first-order valence-corrected chi connectivity index (χ1v) is 9.25. The normalized spacial score (nSPS) is 10.5. The van der Waals surface area contributed by atoms with Crippen LogP contribution < -0.4 is 10.2 Å². The summed E-state index contributed by atoms with van der Waals surface area (Å²) in [5, 5.41) is 3.70. The number of amides is 1. The molecule has 0 aliphatic carbocycles. The van der Waals surface area contributed by atoms with Gasteiger partial charge in [-0.15, -0.1) is 0 Å². The predicted molar refractivity (Wildman–Crippen MR) is 105 cm³/mol. The van der Waals surface area contributed by atoms with Gasteiger partial charge in [-0.3, -0.25) is 4.79 Å². The van der Waals surface area contributed by atoms with Crippen LogP contribution in [0.15, 0.2) is 42.6 Å². The number of rotatable bonds is 9. The van der Waals surface area contributed by atoms with Crippen LogP contribution in [0.1, 0.15) is 42.6 Å². The summed E-state index contributed by atoms with van der Waals surface area (Å²) in [7, 11) is 0. The van der Waals surface area contributed by atoms with Crippen LogP contribution in [-0.2, 0) is 6.42 Å². The van der Waals surface area contributed by atoms with Crippen LogP contribution in [0.3, 0.4) is 0 Å². The van der Waals surface area contributed by atoms with Gasteiger partial charge in [0.15, 0.2) is 0 Å². The lowest BCUT2D eigenvalue weighted by atomic mass is 10.1. The predicted octanol–water partition coefficient (Wildman–Crippen LogP) is 4.33. The fraction of sp³-hybridized carbons (Fsp3) is 0.400. The molecule has 1 N–H and O–H groups in total. The zero-order valence-corrected chi connectivity index (χ0v) is 15.7. The average molecular weight is 360 g/mol. The molecule has 134 valence electrons. The molecule has 0 bridgehead atoms. The molecule has 5 heteroatoms. The van der Waals surface area contributed by atoms with Crippen molar-refractivity contribution in [2.75, 3.05) is 24.5 Å². The van der Waals surface area contributed by atoms with Crippen molar-refractivity contribution in [3.63, 3.8) is 0 Å². The van der Waals surface area contributed by atoms with Gasteiger partial charge in [0.1, 0.15) is 5.82 Å². The van der Waals surface area contributed by atoms with Crippen molar-refractivity contribution in [2.45, 2.75) is 33.1 Å². The van der Waals surface area contributed by atoms with Crippen molar-refractivity contribution in [3.8, 4) is 0 Å². The number of nitrogens with zero attached hydrogens (tertiary/aromatic N) is 2. The quantitative estimate of drug-likeness (QED) is 0.724. The molecule has 0 spiro atoms. The van der Waals surface area contributed by atoms with Crippen LogP contribution in [-0.4, -0.2) is 30.5 Å². The Hall–Kier alpha value is -2.07. The summed E-state index contributed by atoms with van der Waals surface area (Å²) < 4.78 is 0. The summed E-state index contributed by atoms with van der Waals surface area (Å²) in [6.07, 6.45) is 4.60. The standard InChI is InChI=1S/C20H26ClN3O/c1-3-13-24(14-4-2)19-15-17(10-12-22-19)20(25)23-11-9-16-5-7-18(21)8-6-16/h5-8,10,12,15H,3-4,9,11,13-14H2,1-2H3,(H,23,25). The number of carbonyl (C=O) groups excluding carboxylic acids is 1. The summed E-state index contributed by atoms with van der Waals surface area (Å²) in [6.45, 7) is 6.78. The molecule has 0 unspecified atom stereocenters. The molecule has 1 amide bonds. The molecule has 1 heterocycles. The number of pyridine rings is 1. The molecule has 0 fully saturated rings. The van der Waals surface area contributed by atoms with Gasteiger partial charge >= 0.3 is 0 Å². The maximum Gasteiger partial charge on any atom is 0.251 e. The molecular formula is C20H26ClN3O. The summed E-state index contributed by atoms with van der Waals surface area (Å²) in [5.74, 6) is 0.805. The number of hydrogen-bond donors (Lipinski definition) is 1. The molecule has 0 aliphatic heterocycles. The lowest BCUT2D eigenvalue weighted by Gasteiger charge is -2.22. The van der Waals surface area contributed by atoms with Crippen LogP contribution in [0.2, 0.25) is 5.02 Å². The van der Waals surface area contributed by atoms with E-state index >= 15 is 0 Å². The van der Waals surface area contributed by atoms with Crippen molar-refractivity contribution < 1.29 is 4.79 Å². The van der Waals surface area contributed by atoms with Gasteiger partial charge in [0.05, 0.1) is 0 Å². The number of aromatic nitrogens is 1. The first kappa shape index (κ1) is 19.3. The van der Waals surface area contributed by atoms with Crippen LogP contribution in [0.5, 0.6) is 0 Å². The summed E-state index contributed by atoms with van der Waals surface area (Å²) in [5.41, 5.74) is 1.80. The fourth-order valence-electron chi connectivity index (χ4n) is 2.69. The minimum absolute atomic E-state index is 0.0643. The van der Waals surface area contributed by atoms with Crippen LogP contribution in [0.4, 0.5) is 5.82 Å².